The van der Waals surface area contributed by atoms with Gasteiger partial charge in [0.25, 0.3) is 5.91 Å². The van der Waals surface area contributed by atoms with Gasteiger partial charge >= 0.3 is 0 Å². The van der Waals surface area contributed by atoms with Gasteiger partial charge in [-0.25, -0.2) is 5.43 Å². The molecule has 0 aliphatic heterocycles. The van der Waals surface area contributed by atoms with Crippen molar-refractivity contribution in [3.63, 3.8) is 0 Å². The van der Waals surface area contributed by atoms with Crippen molar-refractivity contribution >= 4 is 46.3 Å². The maximum absolute atomic E-state index is 12.2. The highest BCUT2D eigenvalue weighted by atomic mass is 127. The Kier molecular flexibility index (Phi) is 8.27. The topological polar surface area (TPSA) is 104 Å². The number of ether oxygens (including phenoxy) is 2. The molecule has 1 amide bonds. The van der Waals surface area contributed by atoms with Crippen molar-refractivity contribution in [2.75, 3.05) is 7.11 Å². The molecule has 0 aliphatic carbocycles. The summed E-state index contributed by atoms with van der Waals surface area (Å²) in [5.41, 5.74) is 5.01. The summed E-state index contributed by atoms with van der Waals surface area (Å²) in [6.45, 7) is 0.255. The number of carbonyl (C=O) groups is 1. The minimum Gasteiger partial charge on any atom is -0.493 e. The first-order valence-corrected chi connectivity index (χ1v) is 11.9. The molecule has 0 radical (unpaired) electrons. The normalized spacial score (nSPS) is 10.9. The number of benzene rings is 3. The molecule has 4 rings (SSSR count). The zero-order chi connectivity index (χ0) is 24.6. The van der Waals surface area contributed by atoms with Gasteiger partial charge in [0.15, 0.2) is 11.5 Å². The van der Waals surface area contributed by atoms with Crippen LogP contribution in [0.25, 0.3) is 11.4 Å². The van der Waals surface area contributed by atoms with E-state index >= 15 is 0 Å². The number of nitrogens with one attached hydrogen (secondary N) is 1. The van der Waals surface area contributed by atoms with Crippen LogP contribution in [-0.4, -0.2) is 39.4 Å². The Labute approximate surface area is 220 Å². The Bertz CT molecular complexity index is 1330. The van der Waals surface area contributed by atoms with Crippen molar-refractivity contribution < 1.29 is 14.3 Å². The minimum atomic E-state index is -0.386. The standard InChI is InChI=1S/C24H20ClIN6O3/c1-34-21-12-17(11-20(26)23(21)35-15-16-7-9-19(25)10-8-16)13-27-28-22(33)14-32-30-24(29-31-32)18-5-3-2-4-6-18/h2-13H,14-15H2,1H3,(H,28,33)/b27-13-. The fourth-order valence-electron chi connectivity index (χ4n) is 3.05. The van der Waals surface area contributed by atoms with Gasteiger partial charge in [0.05, 0.1) is 16.9 Å². The first-order valence-electron chi connectivity index (χ1n) is 10.4. The van der Waals surface area contributed by atoms with Gasteiger partial charge in [-0.05, 0) is 63.2 Å². The second kappa shape index (κ2) is 11.8. The van der Waals surface area contributed by atoms with Crippen molar-refractivity contribution in [2.45, 2.75) is 13.2 Å². The Morgan fingerprint density at radius 3 is 2.69 bits per heavy atom. The van der Waals surface area contributed by atoms with E-state index in [-0.39, 0.29) is 12.5 Å². The maximum Gasteiger partial charge on any atom is 0.263 e. The molecule has 1 N–H and O–H groups in total. The molecule has 11 heteroatoms. The molecule has 0 fully saturated rings. The Morgan fingerprint density at radius 1 is 1.17 bits per heavy atom. The first kappa shape index (κ1) is 24.6. The van der Waals surface area contributed by atoms with Crippen molar-refractivity contribution in [3.05, 3.63) is 86.4 Å². The zero-order valence-electron chi connectivity index (χ0n) is 18.6. The minimum absolute atomic E-state index is 0.116. The van der Waals surface area contributed by atoms with Gasteiger partial charge in [-0.15, -0.1) is 10.2 Å². The van der Waals surface area contributed by atoms with Crippen LogP contribution in [-0.2, 0) is 17.9 Å². The quantitative estimate of drug-likeness (QED) is 0.174. The van der Waals surface area contributed by atoms with Gasteiger partial charge in [-0.2, -0.15) is 9.90 Å². The number of carbonyl (C=O) groups excluding carboxylic acids is 1. The number of methoxy groups -OCH3 is 1. The summed E-state index contributed by atoms with van der Waals surface area (Å²) in [6.07, 6.45) is 1.52. The smallest absolute Gasteiger partial charge is 0.263 e. The number of hydrazone groups is 1. The van der Waals surface area contributed by atoms with Gasteiger partial charge in [-0.1, -0.05) is 54.1 Å². The lowest BCUT2D eigenvalue weighted by atomic mass is 10.2. The molecule has 0 saturated heterocycles. The molecule has 0 spiro atoms. The number of nitrogens with zero attached hydrogens (tertiary/aromatic N) is 5. The van der Waals surface area contributed by atoms with Crippen molar-refractivity contribution in [3.8, 4) is 22.9 Å². The van der Waals surface area contributed by atoms with Gasteiger partial charge in [0.2, 0.25) is 5.82 Å². The molecule has 0 unspecified atom stereocenters. The molecular weight excluding hydrogens is 583 g/mol. The van der Waals surface area contributed by atoms with E-state index in [9.17, 15) is 4.79 Å². The van der Waals surface area contributed by atoms with Gasteiger partial charge in [0, 0.05) is 10.6 Å². The lowest BCUT2D eigenvalue weighted by Crippen LogP contribution is -2.24. The van der Waals surface area contributed by atoms with Crippen LogP contribution in [0.15, 0.2) is 71.8 Å². The van der Waals surface area contributed by atoms with E-state index in [1.165, 1.54) is 11.0 Å². The summed E-state index contributed by atoms with van der Waals surface area (Å²) in [4.78, 5) is 13.4. The third-order valence-corrected chi connectivity index (χ3v) is 5.77. The molecule has 1 heterocycles. The third kappa shape index (κ3) is 6.76. The molecule has 3 aromatic carbocycles. The Morgan fingerprint density at radius 2 is 1.94 bits per heavy atom. The zero-order valence-corrected chi connectivity index (χ0v) is 21.5. The van der Waals surface area contributed by atoms with Gasteiger partial charge in [-0.3, -0.25) is 4.79 Å². The van der Waals surface area contributed by atoms with Crippen LogP contribution >= 0.6 is 34.2 Å². The first-order chi connectivity index (χ1) is 17.0. The van der Waals surface area contributed by atoms with E-state index in [0.29, 0.717) is 29.0 Å². The number of rotatable bonds is 9. The maximum atomic E-state index is 12.2. The molecular formula is C24H20ClIN6O3. The molecule has 0 bridgehead atoms. The average molecular weight is 603 g/mol. The summed E-state index contributed by atoms with van der Waals surface area (Å²) in [7, 11) is 1.57. The predicted molar refractivity (Wildman–Crippen MR) is 140 cm³/mol. The molecule has 0 saturated carbocycles. The van der Waals surface area contributed by atoms with Gasteiger partial charge in [0.1, 0.15) is 13.2 Å². The van der Waals surface area contributed by atoms with E-state index in [0.717, 1.165) is 20.3 Å². The fraction of sp³-hybridized carbons (Fsp3) is 0.125. The molecule has 35 heavy (non-hydrogen) atoms. The van der Waals surface area contributed by atoms with E-state index in [4.69, 9.17) is 21.1 Å². The lowest BCUT2D eigenvalue weighted by Gasteiger charge is -2.13. The van der Waals surface area contributed by atoms with Crippen LogP contribution < -0.4 is 14.9 Å². The van der Waals surface area contributed by atoms with Crippen molar-refractivity contribution in [1.82, 2.24) is 25.6 Å². The number of amides is 1. The number of hydrogen-bond acceptors (Lipinski definition) is 7. The number of tetrazole rings is 1. The highest BCUT2D eigenvalue weighted by Crippen LogP contribution is 2.34. The summed E-state index contributed by atoms with van der Waals surface area (Å²) < 4.78 is 12.3. The number of hydrogen-bond donors (Lipinski definition) is 1. The highest BCUT2D eigenvalue weighted by molar-refractivity contribution is 14.1. The monoisotopic (exact) mass is 602 g/mol. The van der Waals surface area contributed by atoms with Crippen LogP contribution in [0.5, 0.6) is 11.5 Å². The summed E-state index contributed by atoms with van der Waals surface area (Å²) in [6, 6.07) is 20.5. The van der Waals surface area contributed by atoms with E-state index in [1.807, 2.05) is 60.7 Å². The van der Waals surface area contributed by atoms with E-state index in [2.05, 4.69) is 48.5 Å². The van der Waals surface area contributed by atoms with Crippen LogP contribution in [0.2, 0.25) is 5.02 Å². The molecule has 9 nitrogen and oxygen atoms in total. The molecule has 4 aromatic rings. The number of aromatic nitrogens is 4. The summed E-state index contributed by atoms with van der Waals surface area (Å²) in [5.74, 6) is 1.24. The molecule has 178 valence electrons. The third-order valence-electron chi connectivity index (χ3n) is 4.72. The molecule has 0 aliphatic rings. The second-order valence-electron chi connectivity index (χ2n) is 7.25. The van der Waals surface area contributed by atoms with Crippen molar-refractivity contribution in [1.29, 1.82) is 0 Å². The van der Waals surface area contributed by atoms with Crippen molar-refractivity contribution in [2.24, 2.45) is 5.10 Å². The van der Waals surface area contributed by atoms with Gasteiger partial charge < -0.3 is 9.47 Å². The fourth-order valence-corrected chi connectivity index (χ4v) is 3.95. The highest BCUT2D eigenvalue weighted by Gasteiger charge is 2.12. The Hall–Kier alpha value is -3.51. The number of halogens is 2. The van der Waals surface area contributed by atoms with Crippen LogP contribution in [0.3, 0.4) is 0 Å². The predicted octanol–water partition coefficient (Wildman–Crippen LogP) is 4.34. The Balaban J connectivity index is 1.35. The average Bonchev–Trinajstić information content (AvgIpc) is 3.33. The largest absolute Gasteiger partial charge is 0.493 e. The summed E-state index contributed by atoms with van der Waals surface area (Å²) in [5, 5.41) is 16.8. The van der Waals surface area contributed by atoms with Crippen LogP contribution in [0.4, 0.5) is 0 Å². The van der Waals surface area contributed by atoms with Crippen LogP contribution in [0.1, 0.15) is 11.1 Å². The molecule has 0 atom stereocenters. The second-order valence-corrected chi connectivity index (χ2v) is 8.85. The lowest BCUT2D eigenvalue weighted by molar-refractivity contribution is -0.122. The van der Waals surface area contributed by atoms with E-state index < -0.39 is 0 Å². The summed E-state index contributed by atoms with van der Waals surface area (Å²) >= 11 is 8.10. The van der Waals surface area contributed by atoms with Crippen LogP contribution in [0, 0.1) is 3.57 Å². The van der Waals surface area contributed by atoms with E-state index in [1.54, 1.807) is 13.2 Å². The SMILES string of the molecule is COc1cc(/C=N\NC(=O)Cn2nnc(-c3ccccc3)n2)cc(I)c1OCc1ccc(Cl)cc1. The molecule has 1 aromatic heterocycles.